The monoisotopic (exact) mass is 167 g/mol. The van der Waals surface area contributed by atoms with E-state index in [-0.39, 0.29) is 5.92 Å². The molecule has 3 atom stereocenters. The number of rotatable bonds is 1. The molecule has 2 rings (SSSR count). The van der Waals surface area contributed by atoms with Crippen LogP contribution >= 0.6 is 0 Å². The third-order valence-corrected chi connectivity index (χ3v) is 2.88. The molecular formula is C9H13NO2. The Morgan fingerprint density at radius 1 is 1.58 bits per heavy atom. The molecule has 0 radical (unpaired) electrons. The van der Waals surface area contributed by atoms with E-state index in [4.69, 9.17) is 5.11 Å². The van der Waals surface area contributed by atoms with Crippen LogP contribution < -0.4 is 5.32 Å². The molecule has 2 N–H and O–H groups in total. The van der Waals surface area contributed by atoms with Gasteiger partial charge in [-0.05, 0) is 18.8 Å². The van der Waals surface area contributed by atoms with Crippen molar-refractivity contribution in [1.29, 1.82) is 0 Å². The number of allylic oxidation sites excluding steroid dienone is 1. The largest absolute Gasteiger partial charge is 0.481 e. The number of aliphatic carboxylic acids is 1. The Morgan fingerprint density at radius 3 is 3.17 bits per heavy atom. The maximum Gasteiger partial charge on any atom is 0.308 e. The van der Waals surface area contributed by atoms with Gasteiger partial charge >= 0.3 is 5.97 Å². The van der Waals surface area contributed by atoms with Crippen molar-refractivity contribution in [2.45, 2.75) is 18.9 Å². The average Bonchev–Trinajstić information content (AvgIpc) is 2.47. The van der Waals surface area contributed by atoms with Gasteiger partial charge < -0.3 is 10.4 Å². The predicted molar refractivity (Wildman–Crippen MR) is 44.8 cm³/mol. The summed E-state index contributed by atoms with van der Waals surface area (Å²) in [5, 5.41) is 12.1. The first-order valence-corrected chi connectivity index (χ1v) is 4.42. The molecule has 1 aliphatic carbocycles. The number of fused-ring (bicyclic) bond motifs is 1. The zero-order chi connectivity index (χ0) is 8.55. The molecule has 2 aliphatic rings. The van der Waals surface area contributed by atoms with Crippen LogP contribution in [0.4, 0.5) is 0 Å². The first kappa shape index (κ1) is 7.80. The molecule has 1 saturated heterocycles. The third kappa shape index (κ3) is 1.14. The smallest absolute Gasteiger partial charge is 0.308 e. The van der Waals surface area contributed by atoms with Gasteiger partial charge in [0.15, 0.2) is 0 Å². The maximum atomic E-state index is 10.8. The molecule has 1 fully saturated rings. The Bertz CT molecular complexity index is 225. The van der Waals surface area contributed by atoms with Crippen LogP contribution in [0.25, 0.3) is 0 Å². The Morgan fingerprint density at radius 2 is 2.42 bits per heavy atom. The molecule has 66 valence electrons. The molecule has 0 amide bonds. The molecule has 12 heavy (non-hydrogen) atoms. The minimum atomic E-state index is -0.648. The van der Waals surface area contributed by atoms with Crippen molar-refractivity contribution in [2.24, 2.45) is 11.8 Å². The second kappa shape index (κ2) is 2.90. The summed E-state index contributed by atoms with van der Waals surface area (Å²) >= 11 is 0. The van der Waals surface area contributed by atoms with E-state index in [0.717, 1.165) is 12.8 Å². The maximum absolute atomic E-state index is 10.8. The molecule has 0 spiro atoms. The van der Waals surface area contributed by atoms with Crippen molar-refractivity contribution in [3.63, 3.8) is 0 Å². The van der Waals surface area contributed by atoms with Gasteiger partial charge in [-0.2, -0.15) is 0 Å². The third-order valence-electron chi connectivity index (χ3n) is 2.88. The summed E-state index contributed by atoms with van der Waals surface area (Å²) < 4.78 is 0. The van der Waals surface area contributed by atoms with Gasteiger partial charge in [0.1, 0.15) is 0 Å². The molecule has 1 heterocycles. The van der Waals surface area contributed by atoms with Gasteiger partial charge in [-0.25, -0.2) is 0 Å². The Labute approximate surface area is 71.5 Å². The lowest BCUT2D eigenvalue weighted by Gasteiger charge is -2.22. The SMILES string of the molecule is O=C(O)C1CNC2C=CCCC21. The first-order valence-electron chi connectivity index (χ1n) is 4.42. The van der Waals surface area contributed by atoms with E-state index in [1.54, 1.807) is 0 Å². The lowest BCUT2D eigenvalue weighted by molar-refractivity contribution is -0.142. The molecule has 0 aromatic heterocycles. The molecule has 3 nitrogen and oxygen atoms in total. The van der Waals surface area contributed by atoms with Gasteiger partial charge in [0.05, 0.1) is 5.92 Å². The summed E-state index contributed by atoms with van der Waals surface area (Å²) in [7, 11) is 0. The fourth-order valence-corrected chi connectivity index (χ4v) is 2.21. The lowest BCUT2D eigenvalue weighted by Crippen LogP contribution is -2.28. The second-order valence-electron chi connectivity index (χ2n) is 3.55. The van der Waals surface area contributed by atoms with Gasteiger partial charge in [0.25, 0.3) is 0 Å². The Kier molecular flexibility index (Phi) is 1.89. The normalized spacial score (nSPS) is 39.5. The molecule has 3 unspecified atom stereocenters. The van der Waals surface area contributed by atoms with Crippen molar-refractivity contribution in [2.75, 3.05) is 6.54 Å². The van der Waals surface area contributed by atoms with Crippen molar-refractivity contribution in [3.05, 3.63) is 12.2 Å². The highest BCUT2D eigenvalue weighted by molar-refractivity contribution is 5.71. The van der Waals surface area contributed by atoms with E-state index in [1.807, 2.05) is 0 Å². The minimum absolute atomic E-state index is 0.167. The summed E-state index contributed by atoms with van der Waals surface area (Å²) in [6.45, 7) is 0.634. The molecule has 1 aliphatic heterocycles. The number of carbonyl (C=O) groups is 1. The molecule has 0 aromatic rings. The highest BCUT2D eigenvalue weighted by Crippen LogP contribution is 2.31. The van der Waals surface area contributed by atoms with Gasteiger partial charge in [-0.1, -0.05) is 12.2 Å². The topological polar surface area (TPSA) is 49.3 Å². The van der Waals surface area contributed by atoms with Crippen LogP contribution in [0, 0.1) is 11.8 Å². The van der Waals surface area contributed by atoms with Crippen LogP contribution in [0.5, 0.6) is 0 Å². The van der Waals surface area contributed by atoms with Gasteiger partial charge in [0.2, 0.25) is 0 Å². The Hall–Kier alpha value is -0.830. The summed E-state index contributed by atoms with van der Waals surface area (Å²) in [6, 6.07) is 0.319. The molecule has 0 bridgehead atoms. The van der Waals surface area contributed by atoms with E-state index < -0.39 is 5.97 Å². The fourth-order valence-electron chi connectivity index (χ4n) is 2.21. The van der Waals surface area contributed by atoms with Crippen molar-refractivity contribution < 1.29 is 9.90 Å². The predicted octanol–water partition coefficient (Wildman–Crippen LogP) is 0.625. The van der Waals surface area contributed by atoms with E-state index in [0.29, 0.717) is 18.5 Å². The summed E-state index contributed by atoms with van der Waals surface area (Å²) in [5.74, 6) is -0.488. The average molecular weight is 167 g/mol. The number of hydrogen-bond acceptors (Lipinski definition) is 2. The highest BCUT2D eigenvalue weighted by atomic mass is 16.4. The van der Waals surface area contributed by atoms with Crippen LogP contribution in [0.15, 0.2) is 12.2 Å². The standard InChI is InChI=1S/C9H13NO2/c11-9(12)7-5-10-8-4-2-1-3-6(7)8/h2,4,6-8,10H,1,3,5H2,(H,11,12). The quantitative estimate of drug-likeness (QED) is 0.563. The van der Waals surface area contributed by atoms with Crippen LogP contribution in [0.2, 0.25) is 0 Å². The van der Waals surface area contributed by atoms with Crippen molar-refractivity contribution >= 4 is 5.97 Å². The van der Waals surface area contributed by atoms with Crippen LogP contribution in [0.3, 0.4) is 0 Å². The Balaban J connectivity index is 2.13. The van der Waals surface area contributed by atoms with Crippen LogP contribution in [-0.2, 0) is 4.79 Å². The number of hydrogen-bond donors (Lipinski definition) is 2. The summed E-state index contributed by atoms with van der Waals surface area (Å²) in [5.41, 5.74) is 0. The van der Waals surface area contributed by atoms with Crippen molar-refractivity contribution in [3.8, 4) is 0 Å². The summed E-state index contributed by atoms with van der Waals surface area (Å²) in [6.07, 6.45) is 6.30. The number of carboxylic acids is 1. The zero-order valence-corrected chi connectivity index (χ0v) is 6.86. The lowest BCUT2D eigenvalue weighted by atomic mass is 9.83. The second-order valence-corrected chi connectivity index (χ2v) is 3.55. The van der Waals surface area contributed by atoms with Crippen LogP contribution in [-0.4, -0.2) is 23.7 Å². The van der Waals surface area contributed by atoms with E-state index in [2.05, 4.69) is 17.5 Å². The minimum Gasteiger partial charge on any atom is -0.481 e. The first-order chi connectivity index (χ1) is 5.79. The van der Waals surface area contributed by atoms with Crippen molar-refractivity contribution in [1.82, 2.24) is 5.32 Å². The van der Waals surface area contributed by atoms with E-state index >= 15 is 0 Å². The zero-order valence-electron chi connectivity index (χ0n) is 6.86. The van der Waals surface area contributed by atoms with Crippen LogP contribution in [0.1, 0.15) is 12.8 Å². The fraction of sp³-hybridized carbons (Fsp3) is 0.667. The van der Waals surface area contributed by atoms with E-state index in [1.165, 1.54) is 0 Å². The van der Waals surface area contributed by atoms with Gasteiger partial charge in [0, 0.05) is 12.6 Å². The molecular weight excluding hydrogens is 154 g/mol. The summed E-state index contributed by atoms with van der Waals surface area (Å²) in [4.78, 5) is 10.8. The molecule has 0 saturated carbocycles. The number of nitrogens with one attached hydrogen (secondary N) is 1. The van der Waals surface area contributed by atoms with Gasteiger partial charge in [-0.3, -0.25) is 4.79 Å². The molecule has 0 aromatic carbocycles. The van der Waals surface area contributed by atoms with E-state index in [9.17, 15) is 4.79 Å². The molecule has 3 heteroatoms. The number of carboxylic acid groups (broad SMARTS) is 1. The highest BCUT2D eigenvalue weighted by Gasteiger charge is 2.39. The van der Waals surface area contributed by atoms with Gasteiger partial charge in [-0.15, -0.1) is 0 Å².